The molecular formula is C17H29IN4O. The average Bonchev–Trinajstić information content (AvgIpc) is 2.52. The summed E-state index contributed by atoms with van der Waals surface area (Å²) in [6.07, 6.45) is 2.52. The van der Waals surface area contributed by atoms with Gasteiger partial charge in [0.1, 0.15) is 0 Å². The number of carbonyl (C=O) groups excluding carboxylic acids is 1. The van der Waals surface area contributed by atoms with Crippen LogP contribution in [0.4, 0.5) is 0 Å². The second-order valence-electron chi connectivity index (χ2n) is 5.31. The van der Waals surface area contributed by atoms with Crippen molar-refractivity contribution in [1.29, 1.82) is 0 Å². The fraction of sp³-hybridized carbons (Fsp3) is 0.529. The number of hydrogen-bond donors (Lipinski definition) is 2. The quantitative estimate of drug-likeness (QED) is 0.287. The predicted molar refractivity (Wildman–Crippen MR) is 107 cm³/mol. The van der Waals surface area contributed by atoms with Gasteiger partial charge in [0.2, 0.25) is 5.91 Å². The first-order valence-electron chi connectivity index (χ1n) is 7.89. The Morgan fingerprint density at radius 1 is 1.17 bits per heavy atom. The summed E-state index contributed by atoms with van der Waals surface area (Å²) in [6.45, 7) is 4.21. The van der Waals surface area contributed by atoms with Crippen LogP contribution in [0, 0.1) is 0 Å². The molecule has 5 nitrogen and oxygen atoms in total. The van der Waals surface area contributed by atoms with Crippen LogP contribution in [-0.4, -0.2) is 50.5 Å². The largest absolute Gasteiger partial charge is 0.357 e. The highest BCUT2D eigenvalue weighted by Crippen LogP contribution is 2.02. The Kier molecular flexibility index (Phi) is 12.4. The summed E-state index contributed by atoms with van der Waals surface area (Å²) in [5.74, 6) is 0.898. The molecule has 2 N–H and O–H groups in total. The number of hydrogen-bond acceptors (Lipinski definition) is 2. The van der Waals surface area contributed by atoms with Crippen LogP contribution in [0.2, 0.25) is 0 Å². The molecule has 0 spiro atoms. The number of benzene rings is 1. The monoisotopic (exact) mass is 432 g/mol. The summed E-state index contributed by atoms with van der Waals surface area (Å²) in [5, 5.41) is 6.39. The number of nitrogens with zero attached hydrogens (tertiary/aromatic N) is 2. The van der Waals surface area contributed by atoms with Crippen LogP contribution in [0.25, 0.3) is 0 Å². The van der Waals surface area contributed by atoms with Gasteiger partial charge in [0, 0.05) is 40.2 Å². The number of carbonyl (C=O) groups is 1. The molecule has 0 saturated carbocycles. The minimum absolute atomic E-state index is 0. The minimum Gasteiger partial charge on any atom is -0.357 e. The van der Waals surface area contributed by atoms with Crippen LogP contribution in [0.1, 0.15) is 25.3 Å². The fourth-order valence-electron chi connectivity index (χ4n) is 1.97. The van der Waals surface area contributed by atoms with E-state index in [1.165, 1.54) is 5.56 Å². The molecule has 0 bridgehead atoms. The van der Waals surface area contributed by atoms with E-state index in [4.69, 9.17) is 0 Å². The molecule has 0 aromatic heterocycles. The summed E-state index contributed by atoms with van der Waals surface area (Å²) in [4.78, 5) is 17.7. The molecule has 0 aliphatic rings. The van der Waals surface area contributed by atoms with Gasteiger partial charge in [0.05, 0.1) is 0 Å². The van der Waals surface area contributed by atoms with E-state index in [1.54, 1.807) is 19.0 Å². The summed E-state index contributed by atoms with van der Waals surface area (Å²) in [6, 6.07) is 10.4. The lowest BCUT2D eigenvalue weighted by atomic mass is 10.1. The van der Waals surface area contributed by atoms with E-state index < -0.39 is 0 Å². The molecule has 1 aromatic rings. The lowest BCUT2D eigenvalue weighted by Gasteiger charge is -2.13. The topological polar surface area (TPSA) is 56.7 Å². The van der Waals surface area contributed by atoms with E-state index in [2.05, 4.69) is 39.9 Å². The number of amides is 1. The van der Waals surface area contributed by atoms with E-state index in [1.807, 2.05) is 13.0 Å². The Labute approximate surface area is 157 Å². The van der Waals surface area contributed by atoms with E-state index in [0.29, 0.717) is 13.0 Å². The van der Waals surface area contributed by atoms with Crippen LogP contribution in [-0.2, 0) is 11.2 Å². The van der Waals surface area contributed by atoms with Gasteiger partial charge in [-0.05, 0) is 25.3 Å². The maximum absolute atomic E-state index is 11.5. The van der Waals surface area contributed by atoms with E-state index >= 15 is 0 Å². The van der Waals surface area contributed by atoms with Crippen molar-refractivity contribution in [1.82, 2.24) is 15.5 Å². The number of aryl methyl sites for hydroxylation is 1. The molecule has 23 heavy (non-hydrogen) atoms. The van der Waals surface area contributed by atoms with Crippen LogP contribution in [0.3, 0.4) is 0 Å². The van der Waals surface area contributed by atoms with Gasteiger partial charge in [-0.3, -0.25) is 9.79 Å². The summed E-state index contributed by atoms with van der Waals surface area (Å²) < 4.78 is 0. The summed E-state index contributed by atoms with van der Waals surface area (Å²) in [7, 11) is 3.54. The first-order valence-corrected chi connectivity index (χ1v) is 7.89. The van der Waals surface area contributed by atoms with E-state index in [0.717, 1.165) is 31.9 Å². The lowest BCUT2D eigenvalue weighted by Crippen LogP contribution is -2.39. The van der Waals surface area contributed by atoms with Crippen molar-refractivity contribution in [2.24, 2.45) is 4.99 Å². The molecule has 0 atom stereocenters. The molecule has 0 aliphatic heterocycles. The van der Waals surface area contributed by atoms with Gasteiger partial charge in [0.25, 0.3) is 0 Å². The van der Waals surface area contributed by atoms with Gasteiger partial charge >= 0.3 is 0 Å². The molecule has 0 heterocycles. The number of rotatable bonds is 8. The van der Waals surface area contributed by atoms with Crippen LogP contribution < -0.4 is 10.6 Å². The molecule has 130 valence electrons. The average molecular weight is 432 g/mol. The van der Waals surface area contributed by atoms with Crippen molar-refractivity contribution in [3.05, 3.63) is 35.9 Å². The first kappa shape index (κ1) is 21.7. The van der Waals surface area contributed by atoms with Crippen molar-refractivity contribution in [2.75, 3.05) is 33.7 Å². The highest BCUT2D eigenvalue weighted by Gasteiger charge is 2.04. The Morgan fingerprint density at radius 3 is 2.48 bits per heavy atom. The number of halogens is 1. The van der Waals surface area contributed by atoms with Crippen LogP contribution in [0.5, 0.6) is 0 Å². The SMILES string of the molecule is CCNC(=NCCCc1ccccc1)NCCC(=O)N(C)C.I. The normalized spacial score (nSPS) is 10.7. The maximum Gasteiger partial charge on any atom is 0.223 e. The molecular weight excluding hydrogens is 403 g/mol. The Balaban J connectivity index is 0.00000484. The van der Waals surface area contributed by atoms with Gasteiger partial charge in [-0.2, -0.15) is 0 Å². The van der Waals surface area contributed by atoms with Crippen molar-refractivity contribution < 1.29 is 4.79 Å². The minimum atomic E-state index is 0. The third-order valence-electron chi connectivity index (χ3n) is 3.21. The Morgan fingerprint density at radius 2 is 1.87 bits per heavy atom. The molecule has 0 saturated heterocycles. The molecule has 1 aromatic carbocycles. The molecule has 6 heteroatoms. The molecule has 0 fully saturated rings. The van der Waals surface area contributed by atoms with Crippen molar-refractivity contribution in [3.63, 3.8) is 0 Å². The van der Waals surface area contributed by atoms with Crippen molar-refractivity contribution in [2.45, 2.75) is 26.2 Å². The third kappa shape index (κ3) is 10.1. The second-order valence-corrected chi connectivity index (χ2v) is 5.31. The fourth-order valence-corrected chi connectivity index (χ4v) is 1.97. The lowest BCUT2D eigenvalue weighted by molar-refractivity contribution is -0.128. The first-order chi connectivity index (χ1) is 10.6. The highest BCUT2D eigenvalue weighted by atomic mass is 127. The second kappa shape index (κ2) is 13.2. The standard InChI is InChI=1S/C17H28N4O.HI/c1-4-18-17(20-14-12-16(22)21(2)3)19-13-8-11-15-9-6-5-7-10-15;/h5-7,9-10H,4,8,11-14H2,1-3H3,(H2,18,19,20);1H. The third-order valence-corrected chi connectivity index (χ3v) is 3.21. The van der Waals surface area contributed by atoms with Gasteiger partial charge in [-0.25, -0.2) is 0 Å². The van der Waals surface area contributed by atoms with Crippen molar-refractivity contribution in [3.8, 4) is 0 Å². The zero-order chi connectivity index (χ0) is 16.2. The van der Waals surface area contributed by atoms with E-state index in [-0.39, 0.29) is 29.9 Å². The van der Waals surface area contributed by atoms with Crippen molar-refractivity contribution >= 4 is 35.8 Å². The Hall–Kier alpha value is -1.31. The zero-order valence-corrected chi connectivity index (χ0v) is 16.7. The van der Waals surface area contributed by atoms with Gasteiger partial charge in [-0.1, -0.05) is 30.3 Å². The van der Waals surface area contributed by atoms with Gasteiger partial charge in [-0.15, -0.1) is 24.0 Å². The van der Waals surface area contributed by atoms with E-state index in [9.17, 15) is 4.79 Å². The number of aliphatic imine (C=N–C) groups is 1. The highest BCUT2D eigenvalue weighted by molar-refractivity contribution is 14.0. The van der Waals surface area contributed by atoms with Crippen LogP contribution in [0.15, 0.2) is 35.3 Å². The molecule has 0 radical (unpaired) electrons. The molecule has 0 aliphatic carbocycles. The Bertz CT molecular complexity index is 463. The molecule has 1 amide bonds. The molecule has 0 unspecified atom stereocenters. The number of guanidine groups is 1. The smallest absolute Gasteiger partial charge is 0.223 e. The summed E-state index contributed by atoms with van der Waals surface area (Å²) in [5.41, 5.74) is 1.34. The predicted octanol–water partition coefficient (Wildman–Crippen LogP) is 2.27. The van der Waals surface area contributed by atoms with Crippen LogP contribution >= 0.6 is 24.0 Å². The van der Waals surface area contributed by atoms with Gasteiger partial charge in [0.15, 0.2) is 5.96 Å². The molecule has 1 rings (SSSR count). The zero-order valence-electron chi connectivity index (χ0n) is 14.3. The number of nitrogens with one attached hydrogen (secondary N) is 2. The summed E-state index contributed by atoms with van der Waals surface area (Å²) >= 11 is 0. The maximum atomic E-state index is 11.5. The van der Waals surface area contributed by atoms with Gasteiger partial charge < -0.3 is 15.5 Å².